The van der Waals surface area contributed by atoms with E-state index < -0.39 is 17.2 Å². The summed E-state index contributed by atoms with van der Waals surface area (Å²) in [7, 11) is 0. The largest absolute Gasteiger partial charge is 0.462 e. The summed E-state index contributed by atoms with van der Waals surface area (Å²) in [6.45, 7) is 6.04. The molecule has 1 aromatic heterocycles. The normalized spacial score (nSPS) is 16.2. The number of anilines is 1. The van der Waals surface area contributed by atoms with Gasteiger partial charge < -0.3 is 24.3 Å². The highest BCUT2D eigenvalue weighted by Gasteiger charge is 2.33. The van der Waals surface area contributed by atoms with Crippen molar-refractivity contribution in [2.24, 2.45) is 0 Å². The van der Waals surface area contributed by atoms with E-state index in [-0.39, 0.29) is 40.9 Å². The number of hydrogen-bond acceptors (Lipinski definition) is 6. The van der Waals surface area contributed by atoms with Crippen LogP contribution in [0.2, 0.25) is 0 Å². The molecule has 2 aliphatic rings. The molecule has 1 saturated heterocycles. The Labute approximate surface area is 194 Å². The maximum Gasteiger partial charge on any atom is 0.343 e. The molecular formula is C25H24FN3O5. The fraction of sp³-hybridized carbons (Fsp3) is 0.320. The Morgan fingerprint density at radius 2 is 2.09 bits per heavy atom. The predicted molar refractivity (Wildman–Crippen MR) is 125 cm³/mol. The number of amides is 1. The molecule has 176 valence electrons. The topological polar surface area (TPSA) is 89.9 Å². The molecule has 1 atom stereocenters. The van der Waals surface area contributed by atoms with Crippen LogP contribution in [0.5, 0.6) is 11.5 Å². The predicted octanol–water partition coefficient (Wildman–Crippen LogP) is 3.44. The quantitative estimate of drug-likeness (QED) is 0.465. The van der Waals surface area contributed by atoms with E-state index in [0.717, 1.165) is 11.6 Å². The number of pyridine rings is 1. The summed E-state index contributed by atoms with van der Waals surface area (Å²) in [5.74, 6) is -0.845. The van der Waals surface area contributed by atoms with Gasteiger partial charge in [0.25, 0.3) is 0 Å². The number of carbonyl (C=O) groups is 2. The molecule has 1 N–H and O–H groups in total. The van der Waals surface area contributed by atoms with E-state index in [9.17, 15) is 14.4 Å². The van der Waals surface area contributed by atoms with E-state index in [4.69, 9.17) is 9.47 Å². The van der Waals surface area contributed by atoms with E-state index in [2.05, 4.69) is 5.32 Å². The smallest absolute Gasteiger partial charge is 0.343 e. The molecule has 1 amide bonds. The van der Waals surface area contributed by atoms with Gasteiger partial charge in [-0.3, -0.25) is 9.59 Å². The minimum atomic E-state index is -0.762. The van der Waals surface area contributed by atoms with Crippen molar-refractivity contribution in [1.82, 2.24) is 9.88 Å². The second kappa shape index (κ2) is 8.16. The maximum absolute atomic E-state index is 15.6. The van der Waals surface area contributed by atoms with Crippen molar-refractivity contribution in [3.05, 3.63) is 57.6 Å². The maximum atomic E-state index is 15.6. The van der Waals surface area contributed by atoms with Crippen molar-refractivity contribution in [3.8, 4) is 17.2 Å². The number of fused-ring (bicyclic) bond motifs is 2. The first-order chi connectivity index (χ1) is 16.3. The molecule has 8 nitrogen and oxygen atoms in total. The number of ether oxygens (including phenoxy) is 2. The molecule has 0 aliphatic carbocycles. The van der Waals surface area contributed by atoms with Gasteiger partial charge in [-0.25, -0.2) is 9.18 Å². The van der Waals surface area contributed by atoms with E-state index >= 15 is 4.39 Å². The first kappa shape index (κ1) is 21.9. The lowest BCUT2D eigenvalue weighted by Crippen LogP contribution is -2.35. The Kier molecular flexibility index (Phi) is 5.27. The first-order valence-corrected chi connectivity index (χ1v) is 11.2. The van der Waals surface area contributed by atoms with Gasteiger partial charge in [0.1, 0.15) is 16.8 Å². The number of aromatic nitrogens is 1. The van der Waals surface area contributed by atoms with Crippen molar-refractivity contribution >= 4 is 28.5 Å². The number of esters is 1. The molecule has 0 saturated carbocycles. The van der Waals surface area contributed by atoms with Gasteiger partial charge in [0, 0.05) is 32.3 Å². The fourth-order valence-electron chi connectivity index (χ4n) is 4.73. The van der Waals surface area contributed by atoms with Crippen molar-refractivity contribution in [1.29, 1.82) is 0 Å². The molecule has 34 heavy (non-hydrogen) atoms. The SMILES string of the molecule is CCOC(=O)c1cn2c3c(c(N4CCC(NC(C)=O)C4)c(F)cc3c1=O)Oc1cc(C)ccc1-2. The molecule has 1 unspecified atom stereocenters. The summed E-state index contributed by atoms with van der Waals surface area (Å²) in [5.41, 5.74) is 1.39. The number of halogens is 1. The molecule has 3 aromatic rings. The standard InChI is InChI=1S/C25H24FN3O5/c1-4-33-25(32)17-12-29-19-6-5-13(2)9-20(19)34-24-21(29)16(23(17)31)10-18(26)22(24)28-8-7-15(11-28)27-14(3)30/h5-6,9-10,12,15H,4,7-8,11H2,1-3H3,(H,27,30). The summed E-state index contributed by atoms with van der Waals surface area (Å²) < 4.78 is 28.6. The fourth-order valence-corrected chi connectivity index (χ4v) is 4.73. The number of carbonyl (C=O) groups excluding carboxylic acids is 2. The number of benzene rings is 2. The van der Waals surface area contributed by atoms with Crippen LogP contribution in [0.15, 0.2) is 35.3 Å². The van der Waals surface area contributed by atoms with Gasteiger partial charge in [0.15, 0.2) is 17.3 Å². The zero-order chi connectivity index (χ0) is 24.1. The number of hydrogen-bond donors (Lipinski definition) is 1. The molecule has 1 fully saturated rings. The minimum Gasteiger partial charge on any atom is -0.462 e. The summed E-state index contributed by atoms with van der Waals surface area (Å²) in [4.78, 5) is 39.1. The van der Waals surface area contributed by atoms with Gasteiger partial charge in [0.05, 0.1) is 17.7 Å². The molecule has 0 bridgehead atoms. The zero-order valence-corrected chi connectivity index (χ0v) is 19.1. The van der Waals surface area contributed by atoms with E-state index in [1.807, 2.05) is 30.0 Å². The summed E-state index contributed by atoms with van der Waals surface area (Å²) in [6.07, 6.45) is 2.09. The van der Waals surface area contributed by atoms with E-state index in [1.54, 1.807) is 11.5 Å². The zero-order valence-electron chi connectivity index (χ0n) is 19.1. The molecular weight excluding hydrogens is 441 g/mol. The number of nitrogens with one attached hydrogen (secondary N) is 1. The number of rotatable bonds is 4. The molecule has 5 rings (SSSR count). The summed E-state index contributed by atoms with van der Waals surface area (Å²) >= 11 is 0. The van der Waals surface area contributed by atoms with Crippen molar-refractivity contribution in [3.63, 3.8) is 0 Å². The molecule has 3 heterocycles. The monoisotopic (exact) mass is 465 g/mol. The molecule has 0 spiro atoms. The van der Waals surface area contributed by atoms with Crippen LogP contribution < -0.4 is 20.4 Å². The molecule has 0 radical (unpaired) electrons. The lowest BCUT2D eigenvalue weighted by Gasteiger charge is -2.29. The Hall–Kier alpha value is -3.88. The average molecular weight is 465 g/mol. The van der Waals surface area contributed by atoms with Gasteiger partial charge in [-0.05, 0) is 44.0 Å². The lowest BCUT2D eigenvalue weighted by molar-refractivity contribution is -0.119. The van der Waals surface area contributed by atoms with Crippen LogP contribution in [0.25, 0.3) is 16.6 Å². The summed E-state index contributed by atoms with van der Waals surface area (Å²) in [6, 6.07) is 6.59. The van der Waals surface area contributed by atoms with Gasteiger partial charge in [-0.1, -0.05) is 6.07 Å². The van der Waals surface area contributed by atoms with Gasteiger partial charge >= 0.3 is 5.97 Å². The highest BCUT2D eigenvalue weighted by molar-refractivity contribution is 5.99. The van der Waals surface area contributed by atoms with Crippen LogP contribution in [-0.4, -0.2) is 42.2 Å². The van der Waals surface area contributed by atoms with Crippen molar-refractivity contribution in [2.75, 3.05) is 24.6 Å². The Morgan fingerprint density at radius 1 is 1.29 bits per heavy atom. The minimum absolute atomic E-state index is 0.0330. The number of aryl methyl sites for hydroxylation is 1. The van der Waals surface area contributed by atoms with E-state index in [1.165, 1.54) is 13.1 Å². The molecule has 2 aromatic carbocycles. The van der Waals surface area contributed by atoms with Crippen LogP contribution in [0.3, 0.4) is 0 Å². The number of nitrogens with zero attached hydrogens (tertiary/aromatic N) is 2. The average Bonchev–Trinajstić information content (AvgIpc) is 3.22. The summed E-state index contributed by atoms with van der Waals surface area (Å²) in [5, 5.41) is 2.91. The van der Waals surface area contributed by atoms with Crippen LogP contribution in [0, 0.1) is 12.7 Å². The molecule has 9 heteroatoms. The first-order valence-electron chi connectivity index (χ1n) is 11.2. The Morgan fingerprint density at radius 3 is 2.82 bits per heavy atom. The second-order valence-corrected chi connectivity index (χ2v) is 8.60. The molecule has 2 aliphatic heterocycles. The van der Waals surface area contributed by atoms with Gasteiger partial charge in [-0.15, -0.1) is 0 Å². The van der Waals surface area contributed by atoms with Crippen LogP contribution in [0.4, 0.5) is 10.1 Å². The highest BCUT2D eigenvalue weighted by atomic mass is 19.1. The van der Waals surface area contributed by atoms with E-state index in [0.29, 0.717) is 36.5 Å². The van der Waals surface area contributed by atoms with Crippen LogP contribution in [-0.2, 0) is 9.53 Å². The second-order valence-electron chi connectivity index (χ2n) is 8.60. The highest BCUT2D eigenvalue weighted by Crippen LogP contribution is 2.47. The van der Waals surface area contributed by atoms with Crippen LogP contribution >= 0.6 is 0 Å². The Balaban J connectivity index is 1.76. The van der Waals surface area contributed by atoms with Crippen molar-refractivity contribution < 1.29 is 23.5 Å². The van der Waals surface area contributed by atoms with Crippen LogP contribution in [0.1, 0.15) is 36.2 Å². The Bertz CT molecular complexity index is 1410. The van der Waals surface area contributed by atoms with Crippen molar-refractivity contribution in [2.45, 2.75) is 33.2 Å². The lowest BCUT2D eigenvalue weighted by atomic mass is 10.1. The third-order valence-electron chi connectivity index (χ3n) is 6.16. The van der Waals surface area contributed by atoms with Gasteiger partial charge in [-0.2, -0.15) is 0 Å². The third kappa shape index (κ3) is 3.48. The van der Waals surface area contributed by atoms with Gasteiger partial charge in [0.2, 0.25) is 11.3 Å². The third-order valence-corrected chi connectivity index (χ3v) is 6.16.